The van der Waals surface area contributed by atoms with Gasteiger partial charge in [0.1, 0.15) is 12.6 Å². The molecule has 0 aliphatic rings. The number of nitrogens with zero attached hydrogens (tertiary/aromatic N) is 2. The molecule has 0 fully saturated rings. The average molecular weight is 666 g/mol. The monoisotopic (exact) mass is 665 g/mol. The zero-order valence-electron chi connectivity index (χ0n) is 26.7. The summed E-state index contributed by atoms with van der Waals surface area (Å²) < 4.78 is 70.0. The van der Waals surface area contributed by atoms with Crippen LogP contribution in [0.5, 0.6) is 0 Å². The van der Waals surface area contributed by atoms with Gasteiger partial charge < -0.3 is 10.2 Å². The van der Waals surface area contributed by atoms with Gasteiger partial charge >= 0.3 is 6.18 Å². The van der Waals surface area contributed by atoms with E-state index in [0.29, 0.717) is 15.9 Å². The van der Waals surface area contributed by atoms with Crippen LogP contribution < -0.4 is 9.62 Å². The van der Waals surface area contributed by atoms with Crippen LogP contribution in [0.2, 0.25) is 0 Å². The summed E-state index contributed by atoms with van der Waals surface area (Å²) in [5.74, 6) is -1.23. The Morgan fingerprint density at radius 1 is 0.787 bits per heavy atom. The third kappa shape index (κ3) is 9.45. The van der Waals surface area contributed by atoms with Gasteiger partial charge in [-0.25, -0.2) is 8.42 Å². The Kier molecular flexibility index (Phi) is 10.8. The van der Waals surface area contributed by atoms with Gasteiger partial charge in [0.25, 0.3) is 10.0 Å². The molecule has 0 heterocycles. The standard InChI is InChI=1S/C36H38F3N3O4S/c1-26-13-11-16-28(21-26)24-41(32(34(44)40-35(2,3)4)22-27-14-7-5-8-15-27)33(43)25-42(47(45,46)31-19-9-6-10-20-31)30-18-12-17-29(23-30)36(37,38)39/h5-21,23,32H,22,24-25H2,1-4H3,(H,40,44)/t32-/m0/s1. The van der Waals surface area contributed by atoms with Crippen molar-refractivity contribution >= 4 is 27.5 Å². The molecule has 0 aliphatic carbocycles. The Morgan fingerprint density at radius 2 is 1.38 bits per heavy atom. The quantitative estimate of drug-likeness (QED) is 0.192. The van der Waals surface area contributed by atoms with E-state index >= 15 is 0 Å². The average Bonchev–Trinajstić information content (AvgIpc) is 3.01. The number of hydrogen-bond donors (Lipinski definition) is 1. The van der Waals surface area contributed by atoms with Crippen LogP contribution in [-0.4, -0.2) is 43.3 Å². The van der Waals surface area contributed by atoms with Gasteiger partial charge in [-0.15, -0.1) is 0 Å². The van der Waals surface area contributed by atoms with Crippen molar-refractivity contribution in [2.24, 2.45) is 0 Å². The predicted molar refractivity (Wildman–Crippen MR) is 176 cm³/mol. The summed E-state index contributed by atoms with van der Waals surface area (Å²) in [6, 6.07) is 26.3. The van der Waals surface area contributed by atoms with Crippen LogP contribution in [0.25, 0.3) is 0 Å². The summed E-state index contributed by atoms with van der Waals surface area (Å²) in [7, 11) is -4.54. The van der Waals surface area contributed by atoms with Crippen LogP contribution in [0, 0.1) is 6.92 Å². The number of hydrogen-bond acceptors (Lipinski definition) is 4. The molecule has 4 rings (SSSR count). The number of benzene rings is 4. The SMILES string of the molecule is Cc1cccc(CN(C(=O)CN(c2cccc(C(F)(F)F)c2)S(=O)(=O)c2ccccc2)[C@@H](Cc2ccccc2)C(=O)NC(C)(C)C)c1. The zero-order valence-corrected chi connectivity index (χ0v) is 27.5. The first kappa shape index (κ1) is 35.2. The predicted octanol–water partition coefficient (Wildman–Crippen LogP) is 6.76. The zero-order chi connectivity index (χ0) is 34.4. The summed E-state index contributed by atoms with van der Waals surface area (Å²) in [5.41, 5.74) is 0.285. The van der Waals surface area contributed by atoms with Gasteiger partial charge in [0.05, 0.1) is 16.1 Å². The van der Waals surface area contributed by atoms with Crippen LogP contribution in [0.3, 0.4) is 0 Å². The molecule has 0 saturated heterocycles. The molecule has 248 valence electrons. The summed E-state index contributed by atoms with van der Waals surface area (Å²) in [4.78, 5) is 29.5. The molecule has 0 unspecified atom stereocenters. The summed E-state index contributed by atoms with van der Waals surface area (Å²) in [6.07, 6.45) is -4.65. The summed E-state index contributed by atoms with van der Waals surface area (Å²) >= 11 is 0. The first-order valence-corrected chi connectivity index (χ1v) is 16.4. The topological polar surface area (TPSA) is 86.8 Å². The molecule has 7 nitrogen and oxygen atoms in total. The van der Waals surface area contributed by atoms with Gasteiger partial charge in [0, 0.05) is 18.5 Å². The normalized spacial score (nSPS) is 12.7. The molecule has 4 aromatic carbocycles. The number of alkyl halides is 3. The first-order valence-electron chi connectivity index (χ1n) is 15.0. The fraction of sp³-hybridized carbons (Fsp3) is 0.278. The second kappa shape index (κ2) is 14.4. The first-order chi connectivity index (χ1) is 22.0. The van der Waals surface area contributed by atoms with E-state index in [-0.39, 0.29) is 23.5 Å². The van der Waals surface area contributed by atoms with Crippen molar-refractivity contribution in [1.29, 1.82) is 0 Å². The van der Waals surface area contributed by atoms with Crippen LogP contribution in [0.4, 0.5) is 18.9 Å². The van der Waals surface area contributed by atoms with E-state index in [9.17, 15) is 31.2 Å². The van der Waals surface area contributed by atoms with E-state index in [1.54, 1.807) is 32.9 Å². The highest BCUT2D eigenvalue weighted by molar-refractivity contribution is 7.92. The maximum Gasteiger partial charge on any atom is 0.416 e. The van der Waals surface area contributed by atoms with Crippen molar-refractivity contribution in [3.63, 3.8) is 0 Å². The minimum absolute atomic E-state index is 0.0581. The van der Waals surface area contributed by atoms with Gasteiger partial charge in [0.15, 0.2) is 0 Å². The van der Waals surface area contributed by atoms with E-state index in [0.717, 1.165) is 23.3 Å². The van der Waals surface area contributed by atoms with Crippen molar-refractivity contribution in [3.05, 3.63) is 131 Å². The van der Waals surface area contributed by atoms with Crippen molar-refractivity contribution in [1.82, 2.24) is 10.2 Å². The number of aryl methyl sites for hydroxylation is 1. The molecule has 0 radical (unpaired) electrons. The van der Waals surface area contributed by atoms with E-state index < -0.39 is 51.7 Å². The number of carbonyl (C=O) groups is 2. The van der Waals surface area contributed by atoms with Crippen LogP contribution in [0.15, 0.2) is 114 Å². The second-order valence-corrected chi connectivity index (χ2v) is 14.2. The van der Waals surface area contributed by atoms with Gasteiger partial charge in [-0.05, 0) is 69.2 Å². The third-order valence-electron chi connectivity index (χ3n) is 7.28. The van der Waals surface area contributed by atoms with Gasteiger partial charge in [-0.3, -0.25) is 13.9 Å². The molecular formula is C36H38F3N3O4S. The lowest BCUT2D eigenvalue weighted by atomic mass is 10.0. The van der Waals surface area contributed by atoms with Crippen LogP contribution >= 0.6 is 0 Å². The number of amides is 2. The molecule has 0 aliphatic heterocycles. The Labute approximate surface area is 274 Å². The molecule has 0 spiro atoms. The lowest BCUT2D eigenvalue weighted by Gasteiger charge is -2.35. The molecule has 1 N–H and O–H groups in total. The molecule has 0 aromatic heterocycles. The minimum atomic E-state index is -4.76. The number of anilines is 1. The van der Waals surface area contributed by atoms with Crippen molar-refractivity contribution in [3.8, 4) is 0 Å². The molecule has 47 heavy (non-hydrogen) atoms. The van der Waals surface area contributed by atoms with Crippen molar-refractivity contribution < 1.29 is 31.2 Å². The van der Waals surface area contributed by atoms with Gasteiger partial charge in [0.2, 0.25) is 11.8 Å². The Bertz CT molecular complexity index is 1790. The van der Waals surface area contributed by atoms with E-state index in [2.05, 4.69) is 5.32 Å². The highest BCUT2D eigenvalue weighted by Gasteiger charge is 2.37. The second-order valence-electron chi connectivity index (χ2n) is 12.3. The number of nitrogens with one attached hydrogen (secondary N) is 1. The van der Waals surface area contributed by atoms with Crippen molar-refractivity contribution in [2.45, 2.75) is 63.3 Å². The van der Waals surface area contributed by atoms with Crippen LogP contribution in [-0.2, 0) is 38.8 Å². The maximum atomic E-state index is 14.5. The molecule has 4 aromatic rings. The molecule has 11 heteroatoms. The van der Waals surface area contributed by atoms with E-state index in [1.807, 2.05) is 55.5 Å². The fourth-order valence-corrected chi connectivity index (χ4v) is 6.53. The Hall–Kier alpha value is -4.64. The lowest BCUT2D eigenvalue weighted by Crippen LogP contribution is -2.56. The number of halogens is 3. The molecule has 0 saturated carbocycles. The largest absolute Gasteiger partial charge is 0.416 e. The number of rotatable bonds is 11. The van der Waals surface area contributed by atoms with E-state index in [4.69, 9.17) is 0 Å². The smallest absolute Gasteiger partial charge is 0.350 e. The molecular weight excluding hydrogens is 627 g/mol. The molecule has 1 atom stereocenters. The highest BCUT2D eigenvalue weighted by atomic mass is 32.2. The molecule has 2 amide bonds. The van der Waals surface area contributed by atoms with Gasteiger partial charge in [-0.2, -0.15) is 13.2 Å². The number of carbonyl (C=O) groups excluding carboxylic acids is 2. The minimum Gasteiger partial charge on any atom is -0.350 e. The highest BCUT2D eigenvalue weighted by Crippen LogP contribution is 2.33. The fourth-order valence-electron chi connectivity index (χ4n) is 5.10. The van der Waals surface area contributed by atoms with Crippen molar-refractivity contribution in [2.75, 3.05) is 10.8 Å². The summed E-state index contributed by atoms with van der Waals surface area (Å²) in [6.45, 7) is 6.37. The maximum absolute atomic E-state index is 14.5. The summed E-state index contributed by atoms with van der Waals surface area (Å²) in [5, 5.41) is 2.95. The number of sulfonamides is 1. The Morgan fingerprint density at radius 3 is 1.98 bits per heavy atom. The molecule has 0 bridgehead atoms. The lowest BCUT2D eigenvalue weighted by molar-refractivity contribution is -0.140. The van der Waals surface area contributed by atoms with Crippen LogP contribution in [0.1, 0.15) is 43.0 Å². The Balaban J connectivity index is 1.85. The van der Waals surface area contributed by atoms with Gasteiger partial charge in [-0.1, -0.05) is 84.4 Å². The third-order valence-corrected chi connectivity index (χ3v) is 9.06. The van der Waals surface area contributed by atoms with E-state index in [1.165, 1.54) is 35.2 Å².